The highest BCUT2D eigenvalue weighted by Gasteiger charge is 2.72. The predicted molar refractivity (Wildman–Crippen MR) is 182 cm³/mol. The maximum Gasteiger partial charge on any atom is 0.407 e. The summed E-state index contributed by atoms with van der Waals surface area (Å²) >= 11 is 0. The fourth-order valence-corrected chi connectivity index (χ4v) is 7.84. The molecule has 5 N–H and O–H groups in total. The number of hydrogen-bond donors (Lipinski definition) is 5. The first-order chi connectivity index (χ1) is 24.0. The Hall–Kier alpha value is -4.37. The molecule has 5 rings (SSSR count). The topological polar surface area (TPSA) is 202 Å². The van der Waals surface area contributed by atoms with Gasteiger partial charge in [0, 0.05) is 38.0 Å². The van der Waals surface area contributed by atoms with E-state index in [0.29, 0.717) is 50.9 Å². The lowest BCUT2D eigenvalue weighted by atomic mass is 9.50. The van der Waals surface area contributed by atoms with Gasteiger partial charge in [0.15, 0.2) is 23.7 Å². The van der Waals surface area contributed by atoms with E-state index in [2.05, 4.69) is 20.9 Å². The molecular weight excluding hydrogens is 664 g/mol. The smallest absolute Gasteiger partial charge is 0.407 e. The van der Waals surface area contributed by atoms with Crippen LogP contribution in [-0.4, -0.2) is 107 Å². The predicted octanol–water partition coefficient (Wildman–Crippen LogP) is 1.85. The van der Waals surface area contributed by atoms with Crippen LogP contribution >= 0.6 is 0 Å². The van der Waals surface area contributed by atoms with Crippen LogP contribution in [0.4, 0.5) is 4.79 Å². The summed E-state index contributed by atoms with van der Waals surface area (Å²) in [7, 11) is 1.98. The molecule has 1 spiro atoms. The lowest BCUT2D eigenvalue weighted by Crippen LogP contribution is -2.74. The van der Waals surface area contributed by atoms with Crippen LogP contribution in [0.1, 0.15) is 84.3 Å². The molecule has 1 fully saturated rings. The summed E-state index contributed by atoms with van der Waals surface area (Å²) < 4.78 is 22.6. The number of likely N-dealkylation sites (tertiary alicyclic amines) is 1. The van der Waals surface area contributed by atoms with Crippen molar-refractivity contribution in [1.82, 2.24) is 20.9 Å². The van der Waals surface area contributed by atoms with Crippen LogP contribution in [0.3, 0.4) is 0 Å². The SMILES string of the molecule is CC(=O)N[C@@H](CCCCNC(=O)OC(C)(C)C)C(=O)NCCC(=O)O[C@@H](C)C(=O)OC1=CC[C@@]2(O)[C@@H]3Cc4ccc(O)c5c4[C@@]2(CCN3C)[C@H]1O5. The molecule has 2 heterocycles. The number of phenols is 1. The average Bonchev–Trinajstić information content (AvgIpc) is 3.40. The van der Waals surface area contributed by atoms with Crippen LogP contribution in [0.2, 0.25) is 0 Å². The Morgan fingerprint density at radius 1 is 1.12 bits per heavy atom. The van der Waals surface area contributed by atoms with Crippen LogP contribution in [0.5, 0.6) is 11.5 Å². The summed E-state index contributed by atoms with van der Waals surface area (Å²) in [4.78, 5) is 64.3. The highest BCUT2D eigenvalue weighted by atomic mass is 16.6. The number of phenolic OH excluding ortho intramolecular Hbond substituents is 1. The second-order valence-electron chi connectivity index (χ2n) is 14.9. The zero-order chi connectivity index (χ0) is 37.3. The highest BCUT2D eigenvalue weighted by Crippen LogP contribution is 2.65. The van der Waals surface area contributed by atoms with Crippen molar-refractivity contribution in [3.05, 3.63) is 35.1 Å². The number of carbonyl (C=O) groups is 5. The van der Waals surface area contributed by atoms with Crippen molar-refractivity contribution in [1.29, 1.82) is 0 Å². The van der Waals surface area contributed by atoms with Gasteiger partial charge < -0.3 is 50.0 Å². The van der Waals surface area contributed by atoms with Gasteiger partial charge in [0.05, 0.1) is 17.4 Å². The van der Waals surface area contributed by atoms with Gasteiger partial charge in [0.2, 0.25) is 11.8 Å². The number of rotatable bonds is 13. The van der Waals surface area contributed by atoms with Gasteiger partial charge in [-0.05, 0) is 91.1 Å². The van der Waals surface area contributed by atoms with E-state index in [9.17, 15) is 34.2 Å². The Balaban J connectivity index is 1.11. The van der Waals surface area contributed by atoms with E-state index in [1.807, 2.05) is 13.1 Å². The summed E-state index contributed by atoms with van der Waals surface area (Å²) in [6.07, 6.45) is 1.38. The number of nitrogens with zero attached hydrogens (tertiary/aromatic N) is 1. The van der Waals surface area contributed by atoms with Gasteiger partial charge in [0.25, 0.3) is 0 Å². The Morgan fingerprint density at radius 3 is 2.57 bits per heavy atom. The van der Waals surface area contributed by atoms with Gasteiger partial charge in [-0.3, -0.25) is 14.4 Å². The second-order valence-corrected chi connectivity index (χ2v) is 14.9. The fraction of sp³-hybridized carbons (Fsp3) is 0.639. The molecule has 15 heteroatoms. The third-order valence-electron chi connectivity index (χ3n) is 10.1. The molecule has 3 amide bonds. The monoisotopic (exact) mass is 714 g/mol. The fourth-order valence-electron chi connectivity index (χ4n) is 7.84. The molecular formula is C36H50N4O11. The van der Waals surface area contributed by atoms with Crippen LogP contribution in [0.15, 0.2) is 24.0 Å². The minimum Gasteiger partial charge on any atom is -0.504 e. The molecule has 2 aliphatic heterocycles. The third-order valence-corrected chi connectivity index (χ3v) is 10.1. The van der Waals surface area contributed by atoms with Crippen LogP contribution < -0.4 is 20.7 Å². The van der Waals surface area contributed by atoms with E-state index < -0.39 is 64.7 Å². The number of amides is 3. The number of benzene rings is 1. The molecule has 2 bridgehead atoms. The summed E-state index contributed by atoms with van der Waals surface area (Å²) in [6.45, 7) is 8.87. The van der Waals surface area contributed by atoms with Gasteiger partial charge in [0.1, 0.15) is 17.4 Å². The zero-order valence-electron chi connectivity index (χ0n) is 30.1. The first kappa shape index (κ1) is 37.9. The van der Waals surface area contributed by atoms with Crippen molar-refractivity contribution in [2.24, 2.45) is 0 Å². The van der Waals surface area contributed by atoms with Crippen molar-refractivity contribution in [3.63, 3.8) is 0 Å². The van der Waals surface area contributed by atoms with Gasteiger partial charge >= 0.3 is 18.0 Å². The number of hydrogen-bond acceptors (Lipinski definition) is 12. The molecule has 4 aliphatic rings. The van der Waals surface area contributed by atoms with Crippen molar-refractivity contribution in [2.75, 3.05) is 26.7 Å². The number of carbonyl (C=O) groups excluding carboxylic acids is 5. The molecule has 0 unspecified atom stereocenters. The van der Waals surface area contributed by atoms with Crippen molar-refractivity contribution >= 4 is 29.8 Å². The van der Waals surface area contributed by atoms with E-state index in [4.69, 9.17) is 18.9 Å². The first-order valence-corrected chi connectivity index (χ1v) is 17.5. The number of alkyl carbamates (subject to hydrolysis) is 1. The second kappa shape index (κ2) is 14.7. The normalized spacial score (nSPS) is 25.6. The molecule has 51 heavy (non-hydrogen) atoms. The quantitative estimate of drug-likeness (QED) is 0.113. The number of aromatic hydroxyl groups is 1. The van der Waals surface area contributed by atoms with E-state index in [-0.39, 0.29) is 36.9 Å². The van der Waals surface area contributed by atoms with Gasteiger partial charge in [-0.2, -0.15) is 0 Å². The van der Waals surface area contributed by atoms with E-state index in [1.165, 1.54) is 13.8 Å². The Morgan fingerprint density at radius 2 is 1.86 bits per heavy atom. The van der Waals surface area contributed by atoms with Crippen molar-refractivity contribution in [3.8, 4) is 11.5 Å². The molecule has 0 saturated carbocycles. The van der Waals surface area contributed by atoms with E-state index in [1.54, 1.807) is 32.9 Å². The minimum atomic E-state index is -1.29. The highest BCUT2D eigenvalue weighted by molar-refractivity contribution is 5.87. The number of likely N-dealkylation sites (N-methyl/N-ethyl adjacent to an activating group) is 1. The summed E-state index contributed by atoms with van der Waals surface area (Å²) in [5.41, 5.74) is -1.02. The number of ether oxygens (including phenoxy) is 4. The molecule has 1 aromatic rings. The average molecular weight is 715 g/mol. The third kappa shape index (κ3) is 7.64. The van der Waals surface area contributed by atoms with Crippen LogP contribution in [0, 0.1) is 0 Å². The standard InChI is InChI=1S/C36H50N4O11/c1-20(48-27(43)13-17-37-31(44)23(39-21(2)41)9-7-8-16-38-33(46)51-34(3,4)5)32(45)49-25-12-14-36(47)26-19-22-10-11-24(42)29-28(22)35(36,30(25)50-29)15-18-40(26)6/h10-12,20,23,26,30,42,47H,7-9,13-19H2,1-6H3,(H,37,44)(H,38,46)(H,39,41)/t20-,23-,26-,30-,35-,36+/m0/s1. The first-order valence-electron chi connectivity index (χ1n) is 17.5. The molecule has 280 valence electrons. The molecule has 2 aliphatic carbocycles. The van der Waals surface area contributed by atoms with Gasteiger partial charge in [-0.25, -0.2) is 9.59 Å². The number of unbranched alkanes of at least 4 members (excludes halogenated alkanes) is 1. The lowest BCUT2D eigenvalue weighted by molar-refractivity contribution is -0.175. The maximum atomic E-state index is 13.2. The van der Waals surface area contributed by atoms with Gasteiger partial charge in [-0.1, -0.05) is 6.07 Å². The van der Waals surface area contributed by atoms with Crippen LogP contribution in [0.25, 0.3) is 0 Å². The van der Waals surface area contributed by atoms with Crippen LogP contribution in [-0.2, 0) is 45.2 Å². The Kier molecular flexibility index (Phi) is 10.9. The lowest BCUT2D eigenvalue weighted by Gasteiger charge is -2.61. The molecule has 0 aromatic heterocycles. The zero-order valence-corrected chi connectivity index (χ0v) is 30.1. The molecule has 1 saturated heterocycles. The minimum absolute atomic E-state index is 0.0479. The Bertz CT molecular complexity index is 1590. The Labute approximate surface area is 297 Å². The van der Waals surface area contributed by atoms with Crippen molar-refractivity contribution in [2.45, 2.75) is 120 Å². The number of esters is 2. The molecule has 0 radical (unpaired) electrons. The molecule has 1 aromatic carbocycles. The number of aliphatic hydroxyl groups is 1. The molecule has 6 atom stereocenters. The maximum absolute atomic E-state index is 13.2. The summed E-state index contributed by atoms with van der Waals surface area (Å²) in [5, 5.41) is 30.8. The van der Waals surface area contributed by atoms with E-state index >= 15 is 0 Å². The summed E-state index contributed by atoms with van der Waals surface area (Å²) in [6, 6.07) is 2.39. The summed E-state index contributed by atoms with van der Waals surface area (Å²) in [5.74, 6) is -2.03. The van der Waals surface area contributed by atoms with Gasteiger partial charge in [-0.15, -0.1) is 0 Å². The largest absolute Gasteiger partial charge is 0.504 e. The molecule has 15 nitrogen and oxygen atoms in total. The number of piperidine rings is 1. The van der Waals surface area contributed by atoms with E-state index in [0.717, 1.165) is 11.1 Å². The van der Waals surface area contributed by atoms with Crippen molar-refractivity contribution < 1.29 is 53.1 Å². The number of nitrogens with one attached hydrogen (secondary N) is 3.